The molecule has 2 aromatic rings. The Morgan fingerprint density at radius 3 is 3.00 bits per heavy atom. The molecule has 2 aromatic heterocycles. The van der Waals surface area contributed by atoms with Crippen LogP contribution < -0.4 is 10.5 Å². The van der Waals surface area contributed by atoms with Crippen molar-refractivity contribution < 1.29 is 4.74 Å². The van der Waals surface area contributed by atoms with E-state index in [1.54, 1.807) is 11.3 Å². The topological polar surface area (TPSA) is 61.0 Å². The lowest BCUT2D eigenvalue weighted by Gasteiger charge is -2.03. The SMILES string of the molecule is C/C=C/COc1nc(N)nc2sc(CC)cc12. The van der Waals surface area contributed by atoms with Gasteiger partial charge < -0.3 is 10.5 Å². The normalized spacial score (nSPS) is 11.4. The molecule has 5 heteroatoms. The Hall–Kier alpha value is -1.62. The van der Waals surface area contributed by atoms with Crippen LogP contribution in [0, 0.1) is 0 Å². The van der Waals surface area contributed by atoms with Gasteiger partial charge in [0.05, 0.1) is 5.39 Å². The maximum Gasteiger partial charge on any atom is 0.227 e. The lowest BCUT2D eigenvalue weighted by Crippen LogP contribution is -2.00. The molecule has 0 saturated carbocycles. The summed E-state index contributed by atoms with van der Waals surface area (Å²) in [6.07, 6.45) is 4.85. The Labute approximate surface area is 104 Å². The Bertz CT molecular complexity index is 548. The average Bonchev–Trinajstić information content (AvgIpc) is 2.72. The number of fused-ring (bicyclic) bond motifs is 1. The van der Waals surface area contributed by atoms with Crippen LogP contribution in [0.4, 0.5) is 5.95 Å². The van der Waals surface area contributed by atoms with Gasteiger partial charge in [0, 0.05) is 4.88 Å². The molecular formula is C12H15N3OS. The summed E-state index contributed by atoms with van der Waals surface area (Å²) in [6, 6.07) is 2.07. The number of rotatable bonds is 4. The van der Waals surface area contributed by atoms with E-state index in [0.717, 1.165) is 16.6 Å². The summed E-state index contributed by atoms with van der Waals surface area (Å²) >= 11 is 1.64. The van der Waals surface area contributed by atoms with Crippen LogP contribution in [0.25, 0.3) is 10.2 Å². The summed E-state index contributed by atoms with van der Waals surface area (Å²) in [5, 5.41) is 0.950. The van der Waals surface area contributed by atoms with Crippen molar-refractivity contribution in [2.75, 3.05) is 12.3 Å². The van der Waals surface area contributed by atoms with Crippen molar-refractivity contribution in [1.29, 1.82) is 0 Å². The summed E-state index contributed by atoms with van der Waals surface area (Å²) in [5.41, 5.74) is 5.67. The molecule has 0 bridgehead atoms. The minimum Gasteiger partial charge on any atom is -0.473 e. The van der Waals surface area contributed by atoms with E-state index in [9.17, 15) is 0 Å². The smallest absolute Gasteiger partial charge is 0.227 e. The molecule has 0 radical (unpaired) electrons. The lowest BCUT2D eigenvalue weighted by atomic mass is 10.3. The van der Waals surface area contributed by atoms with Gasteiger partial charge in [0.15, 0.2) is 0 Å². The zero-order valence-corrected chi connectivity index (χ0v) is 10.8. The molecule has 0 spiro atoms. The third-order valence-corrected chi connectivity index (χ3v) is 3.50. The van der Waals surface area contributed by atoms with E-state index >= 15 is 0 Å². The van der Waals surface area contributed by atoms with Crippen molar-refractivity contribution in [3.8, 4) is 5.88 Å². The number of anilines is 1. The molecule has 2 rings (SSSR count). The summed E-state index contributed by atoms with van der Waals surface area (Å²) in [6.45, 7) is 4.56. The zero-order chi connectivity index (χ0) is 12.3. The van der Waals surface area contributed by atoms with E-state index < -0.39 is 0 Å². The van der Waals surface area contributed by atoms with Gasteiger partial charge in [-0.15, -0.1) is 11.3 Å². The number of aromatic nitrogens is 2. The van der Waals surface area contributed by atoms with Gasteiger partial charge in [0.25, 0.3) is 0 Å². The summed E-state index contributed by atoms with van der Waals surface area (Å²) < 4.78 is 5.59. The van der Waals surface area contributed by atoms with E-state index in [4.69, 9.17) is 10.5 Å². The number of ether oxygens (including phenoxy) is 1. The highest BCUT2D eigenvalue weighted by molar-refractivity contribution is 7.18. The van der Waals surface area contributed by atoms with Crippen molar-refractivity contribution >= 4 is 27.5 Å². The molecule has 2 heterocycles. The standard InChI is InChI=1S/C12H15N3OS/c1-3-5-6-16-10-9-7-8(4-2)17-11(9)15-12(13)14-10/h3,5,7H,4,6H2,1-2H3,(H2,13,14,15)/b5-3+. The number of aryl methyl sites for hydroxylation is 1. The van der Waals surface area contributed by atoms with E-state index in [1.807, 2.05) is 19.1 Å². The van der Waals surface area contributed by atoms with Gasteiger partial charge in [-0.3, -0.25) is 0 Å². The molecule has 17 heavy (non-hydrogen) atoms. The quantitative estimate of drug-likeness (QED) is 0.846. The largest absolute Gasteiger partial charge is 0.473 e. The van der Waals surface area contributed by atoms with Crippen molar-refractivity contribution in [3.05, 3.63) is 23.1 Å². The number of nitrogen functional groups attached to an aromatic ring is 1. The first-order valence-electron chi connectivity index (χ1n) is 5.54. The van der Waals surface area contributed by atoms with Crippen molar-refractivity contribution in [2.24, 2.45) is 0 Å². The van der Waals surface area contributed by atoms with Gasteiger partial charge in [-0.1, -0.05) is 19.1 Å². The average molecular weight is 249 g/mol. The first-order chi connectivity index (χ1) is 8.24. The number of hydrogen-bond acceptors (Lipinski definition) is 5. The molecule has 0 amide bonds. The highest BCUT2D eigenvalue weighted by Crippen LogP contribution is 2.31. The highest BCUT2D eigenvalue weighted by Gasteiger charge is 2.10. The van der Waals surface area contributed by atoms with Crippen LogP contribution in [0.3, 0.4) is 0 Å². The molecule has 0 saturated heterocycles. The highest BCUT2D eigenvalue weighted by atomic mass is 32.1. The van der Waals surface area contributed by atoms with Crippen LogP contribution in [-0.4, -0.2) is 16.6 Å². The zero-order valence-electron chi connectivity index (χ0n) is 9.93. The van der Waals surface area contributed by atoms with Crippen LogP contribution in [0.1, 0.15) is 18.7 Å². The molecule has 90 valence electrons. The second-order valence-electron chi connectivity index (χ2n) is 3.55. The first-order valence-corrected chi connectivity index (χ1v) is 6.36. The lowest BCUT2D eigenvalue weighted by molar-refractivity contribution is 0.353. The second kappa shape index (κ2) is 5.14. The Morgan fingerprint density at radius 2 is 2.29 bits per heavy atom. The second-order valence-corrected chi connectivity index (χ2v) is 4.67. The third kappa shape index (κ3) is 2.55. The maximum atomic E-state index is 5.67. The van der Waals surface area contributed by atoms with Gasteiger partial charge >= 0.3 is 0 Å². The fourth-order valence-corrected chi connectivity index (χ4v) is 2.43. The minimum absolute atomic E-state index is 0.262. The number of thiophene rings is 1. The molecule has 0 unspecified atom stereocenters. The molecule has 0 fully saturated rings. The van der Waals surface area contributed by atoms with Gasteiger partial charge in [-0.05, 0) is 19.4 Å². The Balaban J connectivity index is 2.41. The number of allylic oxidation sites excluding steroid dienone is 1. The van der Waals surface area contributed by atoms with Gasteiger partial charge in [-0.2, -0.15) is 4.98 Å². The summed E-state index contributed by atoms with van der Waals surface area (Å²) in [7, 11) is 0. The van der Waals surface area contributed by atoms with Crippen LogP contribution in [0.5, 0.6) is 5.88 Å². The predicted molar refractivity (Wildman–Crippen MR) is 71.5 cm³/mol. The monoisotopic (exact) mass is 249 g/mol. The van der Waals surface area contributed by atoms with Crippen molar-refractivity contribution in [1.82, 2.24) is 9.97 Å². The van der Waals surface area contributed by atoms with Crippen molar-refractivity contribution in [3.63, 3.8) is 0 Å². The van der Waals surface area contributed by atoms with E-state index in [2.05, 4.69) is 23.0 Å². The van der Waals surface area contributed by atoms with Crippen LogP contribution in [-0.2, 0) is 6.42 Å². The Morgan fingerprint density at radius 1 is 1.47 bits per heavy atom. The fraction of sp³-hybridized carbons (Fsp3) is 0.333. The molecular weight excluding hydrogens is 234 g/mol. The van der Waals surface area contributed by atoms with Crippen LogP contribution >= 0.6 is 11.3 Å². The van der Waals surface area contributed by atoms with E-state index in [-0.39, 0.29) is 5.95 Å². The molecule has 0 aromatic carbocycles. The molecule has 0 aliphatic heterocycles. The molecule has 0 atom stereocenters. The van der Waals surface area contributed by atoms with E-state index in [1.165, 1.54) is 4.88 Å². The molecule has 0 aliphatic carbocycles. The number of hydrogen-bond donors (Lipinski definition) is 1. The Kier molecular flexibility index (Phi) is 3.58. The van der Waals surface area contributed by atoms with Gasteiger partial charge in [-0.25, -0.2) is 4.98 Å². The third-order valence-electron chi connectivity index (χ3n) is 2.33. The first kappa shape index (κ1) is 11.9. The predicted octanol–water partition coefficient (Wildman–Crippen LogP) is 2.79. The minimum atomic E-state index is 0.262. The molecule has 0 aliphatic rings. The van der Waals surface area contributed by atoms with Crippen molar-refractivity contribution in [2.45, 2.75) is 20.3 Å². The molecule has 2 N–H and O–H groups in total. The maximum absolute atomic E-state index is 5.67. The summed E-state index contributed by atoms with van der Waals surface area (Å²) in [5.74, 6) is 0.832. The van der Waals surface area contributed by atoms with Crippen LogP contribution in [0.15, 0.2) is 18.2 Å². The van der Waals surface area contributed by atoms with Gasteiger partial charge in [0.1, 0.15) is 11.4 Å². The summed E-state index contributed by atoms with van der Waals surface area (Å²) in [4.78, 5) is 10.5. The molecule has 4 nitrogen and oxygen atoms in total. The van der Waals surface area contributed by atoms with Gasteiger partial charge in [0.2, 0.25) is 11.8 Å². The number of nitrogens with zero attached hydrogens (tertiary/aromatic N) is 2. The number of nitrogens with two attached hydrogens (primary N) is 1. The van der Waals surface area contributed by atoms with E-state index in [0.29, 0.717) is 12.5 Å². The fourth-order valence-electron chi connectivity index (χ4n) is 1.47. The van der Waals surface area contributed by atoms with Crippen LogP contribution in [0.2, 0.25) is 0 Å².